The second-order valence-electron chi connectivity index (χ2n) is 12.6. The van der Waals surface area contributed by atoms with E-state index in [1.165, 1.54) is 6.20 Å². The molecule has 2 fully saturated rings. The maximum absolute atomic E-state index is 14.1. The van der Waals surface area contributed by atoms with Crippen LogP contribution in [0.5, 0.6) is 0 Å². The second kappa shape index (κ2) is 11.3. The van der Waals surface area contributed by atoms with Crippen LogP contribution in [0.15, 0.2) is 30.6 Å². The number of likely N-dealkylation sites (tertiary alicyclic amines) is 2. The van der Waals surface area contributed by atoms with Gasteiger partial charge in [0.15, 0.2) is 0 Å². The predicted molar refractivity (Wildman–Crippen MR) is 155 cm³/mol. The summed E-state index contributed by atoms with van der Waals surface area (Å²) in [7, 11) is 0. The molecule has 0 aliphatic carbocycles. The highest BCUT2D eigenvalue weighted by molar-refractivity contribution is 6.02. The summed E-state index contributed by atoms with van der Waals surface area (Å²) in [5.41, 5.74) is -1.62. The largest absolute Gasteiger partial charge is 0.444 e. The van der Waals surface area contributed by atoms with Crippen molar-refractivity contribution in [1.82, 2.24) is 24.8 Å². The number of piperidine rings is 2. The molecule has 5 rings (SSSR count). The molecule has 10 nitrogen and oxygen atoms in total. The quantitative estimate of drug-likeness (QED) is 0.363. The van der Waals surface area contributed by atoms with Gasteiger partial charge in [-0.25, -0.2) is 14.8 Å². The minimum Gasteiger partial charge on any atom is -0.444 e. The summed E-state index contributed by atoms with van der Waals surface area (Å²) in [4.78, 5) is 40.2. The summed E-state index contributed by atoms with van der Waals surface area (Å²) >= 11 is 0. The molecular formula is C30H37F3N6O4. The average molecular weight is 603 g/mol. The summed E-state index contributed by atoms with van der Waals surface area (Å²) in [5, 5.41) is 13.8. The molecule has 2 amide bonds. The van der Waals surface area contributed by atoms with Crippen molar-refractivity contribution in [3.8, 4) is 11.3 Å². The first-order valence-corrected chi connectivity index (χ1v) is 14.4. The molecule has 1 atom stereocenters. The fourth-order valence-electron chi connectivity index (χ4n) is 5.46. The standard InChI is InChI=1S/C30H37F3N6O4/c1-28(2,3)43-27(41)39-11-5-6-19(17-39)36-26-35-16-22(30(31,32)33)24(37-26)21-15-34-23-14-18(7-8-20(21)23)25(40)38-12-9-29(4,42)10-13-38/h7-8,14-16,19,34,42H,5-6,9-13,17H2,1-4H3,(H,35,36,37)/t19-/m0/s1. The number of nitrogens with one attached hydrogen (secondary N) is 2. The van der Waals surface area contributed by atoms with Crippen LogP contribution in [0.1, 0.15) is 69.3 Å². The number of H-pyrrole nitrogens is 1. The highest BCUT2D eigenvalue weighted by Gasteiger charge is 2.37. The molecule has 232 valence electrons. The third-order valence-electron chi connectivity index (χ3n) is 7.81. The molecule has 3 aromatic rings. The van der Waals surface area contributed by atoms with Crippen LogP contribution in [-0.4, -0.2) is 85.3 Å². The lowest BCUT2D eigenvalue weighted by Gasteiger charge is -2.35. The van der Waals surface area contributed by atoms with Crippen LogP contribution in [0.3, 0.4) is 0 Å². The lowest BCUT2D eigenvalue weighted by atomic mass is 9.93. The highest BCUT2D eigenvalue weighted by Crippen LogP contribution is 2.39. The van der Waals surface area contributed by atoms with Gasteiger partial charge < -0.3 is 29.9 Å². The van der Waals surface area contributed by atoms with E-state index in [2.05, 4.69) is 20.3 Å². The number of hydrogen-bond donors (Lipinski definition) is 3. The summed E-state index contributed by atoms with van der Waals surface area (Å²) in [6, 6.07) is 4.55. The fourth-order valence-corrected chi connectivity index (χ4v) is 5.46. The first-order valence-electron chi connectivity index (χ1n) is 14.4. The van der Waals surface area contributed by atoms with Gasteiger partial charge in [0.2, 0.25) is 5.95 Å². The number of anilines is 1. The smallest absolute Gasteiger partial charge is 0.419 e. The lowest BCUT2D eigenvalue weighted by molar-refractivity contribution is -0.137. The SMILES string of the molecule is CC1(O)CCN(C(=O)c2ccc3c(-c4nc(N[C@H]5CCCN(C(=O)OC(C)(C)C)C5)ncc4C(F)(F)F)c[nH]c3c2)CC1. The Morgan fingerprint density at radius 1 is 1.14 bits per heavy atom. The van der Waals surface area contributed by atoms with Gasteiger partial charge in [0.1, 0.15) is 11.2 Å². The number of alkyl halides is 3. The highest BCUT2D eigenvalue weighted by atomic mass is 19.4. The zero-order valence-corrected chi connectivity index (χ0v) is 24.7. The number of carbonyl (C=O) groups excluding carboxylic acids is 2. The van der Waals surface area contributed by atoms with Crippen molar-refractivity contribution in [2.24, 2.45) is 0 Å². The zero-order valence-electron chi connectivity index (χ0n) is 24.7. The number of aliphatic hydroxyl groups is 1. The van der Waals surface area contributed by atoms with Gasteiger partial charge in [-0.05, 0) is 65.5 Å². The van der Waals surface area contributed by atoms with Crippen LogP contribution in [-0.2, 0) is 10.9 Å². The Morgan fingerprint density at radius 3 is 2.53 bits per heavy atom. The van der Waals surface area contributed by atoms with E-state index >= 15 is 0 Å². The summed E-state index contributed by atoms with van der Waals surface area (Å²) in [5.74, 6) is -0.188. The monoisotopic (exact) mass is 602 g/mol. The Labute approximate surface area is 247 Å². The van der Waals surface area contributed by atoms with Gasteiger partial charge in [-0.15, -0.1) is 0 Å². The van der Waals surface area contributed by atoms with Crippen molar-refractivity contribution in [3.05, 3.63) is 41.7 Å². The predicted octanol–water partition coefficient (Wildman–Crippen LogP) is 5.44. The molecule has 0 saturated carbocycles. The van der Waals surface area contributed by atoms with Crippen molar-refractivity contribution in [2.45, 2.75) is 76.8 Å². The topological polar surface area (TPSA) is 124 Å². The Kier molecular flexibility index (Phi) is 8.05. The van der Waals surface area contributed by atoms with E-state index < -0.39 is 29.0 Å². The summed E-state index contributed by atoms with van der Waals surface area (Å²) in [6.45, 7) is 8.76. The summed E-state index contributed by atoms with van der Waals surface area (Å²) in [6.07, 6.45) is -0.639. The number of halogens is 3. The number of amides is 2. The molecule has 2 aliphatic heterocycles. The van der Waals surface area contributed by atoms with Crippen LogP contribution < -0.4 is 5.32 Å². The van der Waals surface area contributed by atoms with Crippen molar-refractivity contribution < 1.29 is 32.6 Å². The van der Waals surface area contributed by atoms with E-state index in [1.807, 2.05) is 0 Å². The molecule has 0 radical (unpaired) electrons. The van der Waals surface area contributed by atoms with Crippen LogP contribution in [0.25, 0.3) is 22.2 Å². The Balaban J connectivity index is 1.39. The van der Waals surface area contributed by atoms with E-state index in [1.54, 1.807) is 55.7 Å². The van der Waals surface area contributed by atoms with Crippen LogP contribution >= 0.6 is 0 Å². The van der Waals surface area contributed by atoms with Crippen LogP contribution in [0.2, 0.25) is 0 Å². The van der Waals surface area contributed by atoms with Crippen molar-refractivity contribution in [3.63, 3.8) is 0 Å². The molecule has 2 saturated heterocycles. The Hall–Kier alpha value is -3.87. The van der Waals surface area contributed by atoms with E-state index in [0.717, 1.165) is 6.20 Å². The lowest BCUT2D eigenvalue weighted by Crippen LogP contribution is -2.47. The zero-order chi connectivity index (χ0) is 31.2. The Bertz CT molecular complexity index is 1500. The molecule has 0 unspecified atom stereocenters. The van der Waals surface area contributed by atoms with E-state index in [4.69, 9.17) is 4.74 Å². The molecule has 1 aromatic carbocycles. The number of aromatic amines is 1. The van der Waals surface area contributed by atoms with E-state index in [-0.39, 0.29) is 29.2 Å². The number of ether oxygens (including phenoxy) is 1. The third kappa shape index (κ3) is 7.03. The van der Waals surface area contributed by atoms with Gasteiger partial charge in [-0.3, -0.25) is 4.79 Å². The van der Waals surface area contributed by atoms with Gasteiger partial charge in [-0.2, -0.15) is 13.2 Å². The molecule has 2 aromatic heterocycles. The van der Waals surface area contributed by atoms with Crippen molar-refractivity contribution in [1.29, 1.82) is 0 Å². The minimum absolute atomic E-state index is 0.0150. The number of nitrogens with zero attached hydrogens (tertiary/aromatic N) is 4. The van der Waals surface area contributed by atoms with E-state index in [9.17, 15) is 27.9 Å². The molecular weight excluding hydrogens is 565 g/mol. The first kappa shape index (κ1) is 30.6. The van der Waals surface area contributed by atoms with Crippen LogP contribution in [0.4, 0.5) is 23.9 Å². The molecule has 4 heterocycles. The van der Waals surface area contributed by atoms with Gasteiger partial charge >= 0.3 is 12.3 Å². The molecule has 13 heteroatoms. The molecule has 0 spiro atoms. The normalized spacial score (nSPS) is 19.4. The number of fused-ring (bicyclic) bond motifs is 1. The van der Waals surface area contributed by atoms with Crippen molar-refractivity contribution >= 4 is 28.9 Å². The minimum atomic E-state index is -4.71. The maximum Gasteiger partial charge on any atom is 0.419 e. The number of aromatic nitrogens is 3. The number of benzene rings is 1. The van der Waals surface area contributed by atoms with E-state index in [0.29, 0.717) is 68.3 Å². The molecule has 43 heavy (non-hydrogen) atoms. The first-order chi connectivity index (χ1) is 20.1. The third-order valence-corrected chi connectivity index (χ3v) is 7.81. The van der Waals surface area contributed by atoms with Gasteiger partial charge in [0.05, 0.1) is 11.3 Å². The van der Waals surface area contributed by atoms with Gasteiger partial charge in [0.25, 0.3) is 5.91 Å². The maximum atomic E-state index is 14.1. The molecule has 0 bridgehead atoms. The average Bonchev–Trinajstić information content (AvgIpc) is 3.34. The fraction of sp³-hybridized carbons (Fsp3) is 0.533. The summed E-state index contributed by atoms with van der Waals surface area (Å²) < 4.78 is 47.8. The number of carbonyl (C=O) groups is 2. The van der Waals surface area contributed by atoms with Crippen molar-refractivity contribution in [2.75, 3.05) is 31.5 Å². The molecule has 3 N–H and O–H groups in total. The Morgan fingerprint density at radius 2 is 1.86 bits per heavy atom. The number of hydrogen-bond acceptors (Lipinski definition) is 7. The van der Waals surface area contributed by atoms with Crippen LogP contribution in [0, 0.1) is 0 Å². The van der Waals surface area contributed by atoms with Gasteiger partial charge in [-0.1, -0.05) is 6.07 Å². The molecule has 2 aliphatic rings. The second-order valence-corrected chi connectivity index (χ2v) is 12.6. The number of rotatable bonds is 4. The van der Waals surface area contributed by atoms with Gasteiger partial charge in [0, 0.05) is 66.6 Å².